The number of alkyl halides is 11. The van der Waals surface area contributed by atoms with Crippen molar-refractivity contribution < 1.29 is 53.1 Å². The minimum absolute atomic E-state index is 0.0363. The molecule has 1 fully saturated rings. The molecule has 1 aromatic rings. The number of nitrogens with one attached hydrogen (secondary N) is 1. The number of carbonyl (C=O) groups excluding carboxylic acids is 1. The van der Waals surface area contributed by atoms with Crippen LogP contribution in [0.1, 0.15) is 18.5 Å². The number of halogens is 11. The normalized spacial score (nSPS) is 26.9. The first kappa shape index (κ1) is 22.2. The average molecular weight is 429 g/mol. The van der Waals surface area contributed by atoms with Gasteiger partial charge in [0.25, 0.3) is 5.91 Å². The van der Waals surface area contributed by atoms with Crippen molar-refractivity contribution in [3.05, 3.63) is 35.9 Å². The van der Waals surface area contributed by atoms with Gasteiger partial charge in [-0.15, -0.1) is 0 Å². The van der Waals surface area contributed by atoms with E-state index in [4.69, 9.17) is 0 Å². The highest BCUT2D eigenvalue weighted by atomic mass is 19.4. The van der Waals surface area contributed by atoms with Crippen molar-refractivity contribution in [3.8, 4) is 0 Å². The summed E-state index contributed by atoms with van der Waals surface area (Å²) in [6, 6.07) is 4.76. The zero-order valence-corrected chi connectivity index (χ0v) is 13.5. The second kappa shape index (κ2) is 5.96. The van der Waals surface area contributed by atoms with Crippen LogP contribution >= 0.6 is 0 Å². The van der Waals surface area contributed by atoms with E-state index in [1.54, 1.807) is 0 Å². The maximum absolute atomic E-state index is 14.5. The van der Waals surface area contributed by atoms with E-state index in [1.165, 1.54) is 30.3 Å². The van der Waals surface area contributed by atoms with Crippen LogP contribution in [0.5, 0.6) is 0 Å². The molecular formula is C15H10F11NO. The van der Waals surface area contributed by atoms with E-state index in [2.05, 4.69) is 0 Å². The van der Waals surface area contributed by atoms with E-state index in [0.29, 0.717) is 0 Å². The van der Waals surface area contributed by atoms with Crippen molar-refractivity contribution in [1.29, 1.82) is 0 Å². The fourth-order valence-corrected chi connectivity index (χ4v) is 2.63. The molecule has 0 heterocycles. The molecule has 0 aliphatic heterocycles. The number of hydrogen-bond donors (Lipinski definition) is 1. The summed E-state index contributed by atoms with van der Waals surface area (Å²) in [7, 11) is 0. The lowest BCUT2D eigenvalue weighted by Crippen LogP contribution is -2.86. The van der Waals surface area contributed by atoms with Gasteiger partial charge in [-0.1, -0.05) is 30.3 Å². The molecule has 1 aromatic carbocycles. The van der Waals surface area contributed by atoms with E-state index in [9.17, 15) is 53.1 Å². The molecule has 0 saturated heterocycles. The third-order valence-corrected chi connectivity index (χ3v) is 4.40. The topological polar surface area (TPSA) is 29.1 Å². The Kier molecular flexibility index (Phi) is 4.73. The van der Waals surface area contributed by atoms with Gasteiger partial charge in [0.2, 0.25) is 0 Å². The van der Waals surface area contributed by atoms with Gasteiger partial charge in [-0.2, -0.15) is 43.9 Å². The van der Waals surface area contributed by atoms with Crippen molar-refractivity contribution in [1.82, 2.24) is 5.32 Å². The van der Waals surface area contributed by atoms with Crippen molar-refractivity contribution in [2.45, 2.75) is 48.2 Å². The zero-order valence-electron chi connectivity index (χ0n) is 13.5. The molecule has 28 heavy (non-hydrogen) atoms. The summed E-state index contributed by atoms with van der Waals surface area (Å²) in [5.74, 6) is -39.6. The maximum atomic E-state index is 14.5. The minimum atomic E-state index is -7.35. The lowest BCUT2D eigenvalue weighted by atomic mass is 9.71. The first-order valence-electron chi connectivity index (χ1n) is 7.35. The lowest BCUT2D eigenvalue weighted by molar-refractivity contribution is -0.476. The van der Waals surface area contributed by atoms with Crippen LogP contribution in [0.2, 0.25) is 0 Å². The second-order valence-corrected chi connectivity index (χ2v) is 6.14. The molecule has 1 aliphatic rings. The Morgan fingerprint density at radius 2 is 1.07 bits per heavy atom. The Hall–Kier alpha value is -2.08. The van der Waals surface area contributed by atoms with Crippen molar-refractivity contribution >= 4 is 5.91 Å². The molecule has 1 N–H and O–H groups in total. The fraction of sp³-hybridized carbons (Fsp3) is 0.533. The average Bonchev–Trinajstić information content (AvgIpc) is 2.59. The molecule has 0 aromatic heterocycles. The highest BCUT2D eigenvalue weighted by molar-refractivity contribution is 5.89. The summed E-state index contributed by atoms with van der Waals surface area (Å²) in [4.78, 5) is 11.8. The summed E-state index contributed by atoms with van der Waals surface area (Å²) < 4.78 is 149. The molecule has 2 nitrogen and oxygen atoms in total. The molecule has 158 valence electrons. The summed E-state index contributed by atoms with van der Waals surface area (Å²) in [6.45, 7) is 0.903. The Bertz CT molecular complexity index is 733. The standard InChI is InChI=1S/C15H10F11NO/c1-7(8-5-3-2-4-6-8)27-9(28)10(16)11(17,18)13(21,22)15(25,26)14(23,24)12(10,19)20/h2-7H,1H3,(H,27,28). The molecule has 0 spiro atoms. The number of rotatable bonds is 3. The Morgan fingerprint density at radius 3 is 1.46 bits per heavy atom. The van der Waals surface area contributed by atoms with Gasteiger partial charge in [-0.05, 0) is 12.5 Å². The molecule has 0 bridgehead atoms. The summed E-state index contributed by atoms with van der Waals surface area (Å²) in [5, 5.41) is 1.14. The number of amides is 1. The van der Waals surface area contributed by atoms with Crippen LogP contribution in [0.15, 0.2) is 30.3 Å². The van der Waals surface area contributed by atoms with Crippen LogP contribution in [0.25, 0.3) is 0 Å². The molecule has 1 saturated carbocycles. The summed E-state index contributed by atoms with van der Waals surface area (Å²) in [5.41, 5.74) is -6.72. The summed E-state index contributed by atoms with van der Waals surface area (Å²) >= 11 is 0. The Balaban J connectivity index is 2.60. The van der Waals surface area contributed by atoms with E-state index in [1.807, 2.05) is 0 Å². The van der Waals surface area contributed by atoms with Gasteiger partial charge in [0.1, 0.15) is 0 Å². The molecular weight excluding hydrogens is 419 g/mol. The Labute approximate surface area is 149 Å². The predicted molar refractivity (Wildman–Crippen MR) is 71.6 cm³/mol. The molecule has 2 rings (SSSR count). The van der Waals surface area contributed by atoms with Gasteiger partial charge in [0.05, 0.1) is 6.04 Å². The van der Waals surface area contributed by atoms with E-state index < -0.39 is 47.2 Å². The Morgan fingerprint density at radius 1 is 0.714 bits per heavy atom. The smallest absolute Gasteiger partial charge is 0.346 e. The van der Waals surface area contributed by atoms with Crippen LogP contribution in [0.4, 0.5) is 48.3 Å². The van der Waals surface area contributed by atoms with Crippen LogP contribution < -0.4 is 5.32 Å². The lowest BCUT2D eigenvalue weighted by Gasteiger charge is -2.51. The second-order valence-electron chi connectivity index (χ2n) is 6.14. The molecule has 1 unspecified atom stereocenters. The maximum Gasteiger partial charge on any atom is 0.384 e. The summed E-state index contributed by atoms with van der Waals surface area (Å²) in [6.07, 6.45) is 0. The third-order valence-electron chi connectivity index (χ3n) is 4.40. The van der Waals surface area contributed by atoms with Crippen LogP contribution in [0.3, 0.4) is 0 Å². The van der Waals surface area contributed by atoms with Crippen molar-refractivity contribution in [3.63, 3.8) is 0 Å². The van der Waals surface area contributed by atoms with Gasteiger partial charge in [0.15, 0.2) is 0 Å². The number of carbonyl (C=O) groups is 1. The quantitative estimate of drug-likeness (QED) is 0.690. The highest BCUT2D eigenvalue weighted by Crippen LogP contribution is 2.69. The van der Waals surface area contributed by atoms with Gasteiger partial charge in [0, 0.05) is 0 Å². The van der Waals surface area contributed by atoms with Gasteiger partial charge >= 0.3 is 35.3 Å². The van der Waals surface area contributed by atoms with Gasteiger partial charge in [-0.25, -0.2) is 4.39 Å². The van der Waals surface area contributed by atoms with Crippen LogP contribution in [-0.2, 0) is 4.79 Å². The van der Waals surface area contributed by atoms with Crippen molar-refractivity contribution in [2.75, 3.05) is 0 Å². The third kappa shape index (κ3) is 2.30. The fourth-order valence-electron chi connectivity index (χ4n) is 2.63. The number of hydrogen-bond acceptors (Lipinski definition) is 1. The van der Waals surface area contributed by atoms with Gasteiger partial charge in [-0.3, -0.25) is 4.79 Å². The van der Waals surface area contributed by atoms with E-state index in [-0.39, 0.29) is 5.56 Å². The SMILES string of the molecule is CC(NC(=O)C1(F)C(F)(F)C(F)(F)C(F)(F)C(F)(F)C1(F)F)c1ccccc1. The molecule has 0 radical (unpaired) electrons. The highest BCUT2D eigenvalue weighted by Gasteiger charge is 3.02. The van der Waals surface area contributed by atoms with E-state index in [0.717, 1.165) is 12.2 Å². The monoisotopic (exact) mass is 429 g/mol. The molecule has 1 amide bonds. The van der Waals surface area contributed by atoms with Crippen LogP contribution in [-0.4, -0.2) is 41.2 Å². The zero-order chi connectivity index (χ0) is 22.0. The predicted octanol–water partition coefficient (Wildman–Crippen LogP) is 4.76. The molecule has 1 aliphatic carbocycles. The number of benzene rings is 1. The van der Waals surface area contributed by atoms with E-state index >= 15 is 0 Å². The first-order valence-corrected chi connectivity index (χ1v) is 7.35. The van der Waals surface area contributed by atoms with Crippen molar-refractivity contribution in [2.24, 2.45) is 0 Å². The minimum Gasteiger partial charge on any atom is -0.346 e. The largest absolute Gasteiger partial charge is 0.384 e. The van der Waals surface area contributed by atoms with Gasteiger partial charge < -0.3 is 5.32 Å². The molecule has 13 heteroatoms. The van der Waals surface area contributed by atoms with Crippen LogP contribution in [0, 0.1) is 0 Å². The molecule has 1 atom stereocenters. The first-order chi connectivity index (χ1) is 12.4.